The molecule has 3 fully saturated rings. The van der Waals surface area contributed by atoms with Crippen molar-refractivity contribution in [1.29, 1.82) is 0 Å². The Kier molecular flexibility index (Phi) is 4.77. The van der Waals surface area contributed by atoms with Gasteiger partial charge in [0, 0.05) is 22.0 Å². The van der Waals surface area contributed by atoms with E-state index < -0.39 is 0 Å². The van der Waals surface area contributed by atoms with Crippen molar-refractivity contribution in [3.63, 3.8) is 0 Å². The number of amides is 2. The van der Waals surface area contributed by atoms with E-state index in [1.807, 2.05) is 0 Å². The summed E-state index contributed by atoms with van der Waals surface area (Å²) in [5.74, 6) is 1.67. The third-order valence-electron chi connectivity index (χ3n) is 8.92. The van der Waals surface area contributed by atoms with Crippen LogP contribution in [0.2, 0.25) is 5.02 Å². The SMILES string of the molecule is C[C@@]12CCC[C@H]1[C@@H]1CCC3NC(=O)C(NC(=O)c4ccc(Cl)cc4)=C[C@]3(C)[C@@H]1CC2. The van der Waals surface area contributed by atoms with E-state index in [4.69, 9.17) is 11.6 Å². The highest BCUT2D eigenvalue weighted by Crippen LogP contribution is 2.63. The molecule has 2 amide bonds. The largest absolute Gasteiger partial charge is 0.347 e. The van der Waals surface area contributed by atoms with Gasteiger partial charge in [-0.3, -0.25) is 9.59 Å². The molecule has 3 aliphatic carbocycles. The maximum atomic E-state index is 12.8. The minimum Gasteiger partial charge on any atom is -0.347 e. The van der Waals surface area contributed by atoms with E-state index in [0.717, 1.165) is 18.3 Å². The topological polar surface area (TPSA) is 58.2 Å². The molecule has 6 atom stereocenters. The van der Waals surface area contributed by atoms with E-state index in [-0.39, 0.29) is 23.3 Å². The number of hydrogen-bond acceptors (Lipinski definition) is 2. The zero-order valence-corrected chi connectivity index (χ0v) is 18.6. The summed E-state index contributed by atoms with van der Waals surface area (Å²) in [4.78, 5) is 25.5. The molecule has 1 heterocycles. The van der Waals surface area contributed by atoms with Gasteiger partial charge in [-0.05, 0) is 92.0 Å². The van der Waals surface area contributed by atoms with Gasteiger partial charge in [0.25, 0.3) is 11.8 Å². The molecule has 30 heavy (non-hydrogen) atoms. The van der Waals surface area contributed by atoms with Crippen LogP contribution in [0, 0.1) is 28.6 Å². The summed E-state index contributed by atoms with van der Waals surface area (Å²) in [6.45, 7) is 4.81. The normalized spacial score (nSPS) is 39.8. The molecule has 4 aliphatic rings. The lowest BCUT2D eigenvalue weighted by Gasteiger charge is -2.58. The van der Waals surface area contributed by atoms with Crippen molar-refractivity contribution in [2.75, 3.05) is 0 Å². The van der Waals surface area contributed by atoms with Crippen molar-refractivity contribution >= 4 is 23.4 Å². The lowest BCUT2D eigenvalue weighted by molar-refractivity contribution is -0.123. The van der Waals surface area contributed by atoms with Gasteiger partial charge in [0.15, 0.2) is 0 Å². The molecular formula is C25H31ClN2O2. The molecular weight excluding hydrogens is 396 g/mol. The predicted molar refractivity (Wildman–Crippen MR) is 118 cm³/mol. The molecule has 0 saturated heterocycles. The summed E-state index contributed by atoms with van der Waals surface area (Å²) in [5, 5.41) is 6.70. The van der Waals surface area contributed by atoms with E-state index in [1.165, 1.54) is 38.5 Å². The summed E-state index contributed by atoms with van der Waals surface area (Å²) >= 11 is 5.93. The minimum absolute atomic E-state index is 0.108. The molecule has 1 aromatic rings. The van der Waals surface area contributed by atoms with Gasteiger partial charge in [-0.2, -0.15) is 0 Å². The Morgan fingerprint density at radius 2 is 1.83 bits per heavy atom. The minimum atomic E-state index is -0.269. The van der Waals surface area contributed by atoms with Gasteiger partial charge in [0.1, 0.15) is 5.70 Å². The molecule has 0 aromatic heterocycles. The smallest absolute Gasteiger partial charge is 0.267 e. The first kappa shape index (κ1) is 20.1. The second kappa shape index (κ2) is 7.12. The van der Waals surface area contributed by atoms with Gasteiger partial charge in [-0.25, -0.2) is 0 Å². The number of hydrogen-bond donors (Lipinski definition) is 2. The average molecular weight is 427 g/mol. The lowest BCUT2D eigenvalue weighted by atomic mass is 9.48. The fourth-order valence-corrected chi connectivity index (χ4v) is 7.45. The number of rotatable bonds is 2. The number of carbonyl (C=O) groups is 2. The Morgan fingerprint density at radius 3 is 2.60 bits per heavy atom. The molecule has 3 saturated carbocycles. The Morgan fingerprint density at radius 1 is 1.07 bits per heavy atom. The van der Waals surface area contributed by atoms with E-state index in [2.05, 4.69) is 30.6 Å². The Bertz CT molecular complexity index is 910. The summed E-state index contributed by atoms with van der Waals surface area (Å²) in [6, 6.07) is 6.91. The summed E-state index contributed by atoms with van der Waals surface area (Å²) < 4.78 is 0. The van der Waals surface area contributed by atoms with Gasteiger partial charge >= 0.3 is 0 Å². The van der Waals surface area contributed by atoms with Crippen LogP contribution >= 0.6 is 11.6 Å². The monoisotopic (exact) mass is 426 g/mol. The van der Waals surface area contributed by atoms with Crippen LogP contribution in [-0.2, 0) is 4.79 Å². The van der Waals surface area contributed by atoms with Crippen molar-refractivity contribution in [2.24, 2.45) is 28.6 Å². The Labute approximate surface area is 183 Å². The van der Waals surface area contributed by atoms with Crippen molar-refractivity contribution in [3.05, 3.63) is 46.6 Å². The van der Waals surface area contributed by atoms with Crippen LogP contribution in [0.5, 0.6) is 0 Å². The van der Waals surface area contributed by atoms with E-state index in [0.29, 0.717) is 27.6 Å². The number of halogens is 1. The molecule has 1 aliphatic heterocycles. The fourth-order valence-electron chi connectivity index (χ4n) is 7.32. The molecule has 5 rings (SSSR count). The molecule has 2 N–H and O–H groups in total. The molecule has 1 unspecified atom stereocenters. The third-order valence-corrected chi connectivity index (χ3v) is 9.17. The summed E-state index contributed by atoms with van der Waals surface area (Å²) in [5.41, 5.74) is 1.30. The average Bonchev–Trinajstić information content (AvgIpc) is 3.11. The number of benzene rings is 1. The molecule has 5 heteroatoms. The van der Waals surface area contributed by atoms with Crippen molar-refractivity contribution < 1.29 is 9.59 Å². The first-order valence-corrected chi connectivity index (χ1v) is 11.8. The van der Waals surface area contributed by atoms with Crippen LogP contribution in [0.3, 0.4) is 0 Å². The van der Waals surface area contributed by atoms with Crippen LogP contribution in [0.25, 0.3) is 0 Å². The predicted octanol–water partition coefficient (Wildman–Crippen LogP) is 5.08. The highest BCUT2D eigenvalue weighted by Gasteiger charge is 2.57. The standard InChI is InChI=1S/C25H31ClN2O2/c1-24-12-3-4-18(24)17-9-10-21-25(2,19(17)11-13-24)14-20(23(30)28-21)27-22(29)15-5-7-16(26)8-6-15/h5-8,14,17-19,21H,3-4,9-13H2,1-2H3,(H,27,29)(H,28,30)/t17-,18-,19+,21?,24-,25+/m0/s1. The highest BCUT2D eigenvalue weighted by molar-refractivity contribution is 6.30. The lowest BCUT2D eigenvalue weighted by Crippen LogP contribution is -2.60. The zero-order valence-electron chi connectivity index (χ0n) is 17.8. The summed E-state index contributed by atoms with van der Waals surface area (Å²) in [6.07, 6.45) is 10.9. The van der Waals surface area contributed by atoms with Gasteiger partial charge in [-0.1, -0.05) is 31.9 Å². The van der Waals surface area contributed by atoms with Crippen LogP contribution in [0.15, 0.2) is 36.0 Å². The van der Waals surface area contributed by atoms with Gasteiger partial charge in [-0.15, -0.1) is 0 Å². The van der Waals surface area contributed by atoms with Gasteiger partial charge in [0.2, 0.25) is 0 Å². The second-order valence-corrected chi connectivity index (χ2v) is 10.9. The van der Waals surface area contributed by atoms with Crippen LogP contribution in [-0.4, -0.2) is 17.9 Å². The highest BCUT2D eigenvalue weighted by atomic mass is 35.5. The summed E-state index contributed by atoms with van der Waals surface area (Å²) in [7, 11) is 0. The van der Waals surface area contributed by atoms with Crippen LogP contribution in [0.4, 0.5) is 0 Å². The van der Waals surface area contributed by atoms with Crippen LogP contribution in [0.1, 0.15) is 69.2 Å². The molecule has 0 spiro atoms. The van der Waals surface area contributed by atoms with E-state index in [1.54, 1.807) is 24.3 Å². The maximum absolute atomic E-state index is 12.8. The number of carbonyl (C=O) groups excluding carboxylic acids is 2. The zero-order chi connectivity index (χ0) is 21.1. The number of fused-ring (bicyclic) bond motifs is 5. The first-order valence-electron chi connectivity index (χ1n) is 11.4. The second-order valence-electron chi connectivity index (χ2n) is 10.5. The van der Waals surface area contributed by atoms with Crippen molar-refractivity contribution in [1.82, 2.24) is 10.6 Å². The Balaban J connectivity index is 1.43. The Hall–Kier alpha value is -1.81. The van der Waals surface area contributed by atoms with E-state index in [9.17, 15) is 9.59 Å². The van der Waals surface area contributed by atoms with Crippen molar-refractivity contribution in [3.8, 4) is 0 Å². The quantitative estimate of drug-likeness (QED) is 0.692. The van der Waals surface area contributed by atoms with Crippen molar-refractivity contribution in [2.45, 2.75) is 64.8 Å². The number of nitrogens with one attached hydrogen (secondary N) is 2. The molecule has 0 bridgehead atoms. The fraction of sp³-hybridized carbons (Fsp3) is 0.600. The molecule has 0 radical (unpaired) electrons. The molecule has 160 valence electrons. The van der Waals surface area contributed by atoms with Crippen LogP contribution < -0.4 is 10.6 Å². The molecule has 1 aromatic carbocycles. The third kappa shape index (κ3) is 3.10. The van der Waals surface area contributed by atoms with Gasteiger partial charge < -0.3 is 10.6 Å². The molecule has 4 nitrogen and oxygen atoms in total. The maximum Gasteiger partial charge on any atom is 0.267 e. The first-order chi connectivity index (χ1) is 14.3. The van der Waals surface area contributed by atoms with E-state index >= 15 is 0 Å². The van der Waals surface area contributed by atoms with Gasteiger partial charge in [0.05, 0.1) is 0 Å².